The van der Waals surface area contributed by atoms with Crippen molar-refractivity contribution < 1.29 is 20.7 Å². The molecule has 2 heterocycles. The van der Waals surface area contributed by atoms with Crippen LogP contribution in [0.1, 0.15) is 26.5 Å². The minimum atomic E-state index is -1.20. The number of nitrogens with one attached hydrogen (secondary N) is 2. The van der Waals surface area contributed by atoms with Gasteiger partial charge in [0.05, 0.1) is 6.10 Å². The van der Waals surface area contributed by atoms with E-state index in [9.17, 15) is 19.5 Å². The molecular weight excluding hydrogens is 306 g/mol. The van der Waals surface area contributed by atoms with Gasteiger partial charge in [-0.2, -0.15) is 0 Å². The molecule has 1 aliphatic rings. The van der Waals surface area contributed by atoms with Crippen LogP contribution in [0.5, 0.6) is 0 Å². The lowest BCUT2D eigenvalue weighted by atomic mass is 10.1. The van der Waals surface area contributed by atoms with Crippen molar-refractivity contribution in [2.24, 2.45) is 0 Å². The number of likely N-dealkylation sites (N-methyl/N-ethyl adjacent to an activating group) is 1. The van der Waals surface area contributed by atoms with Crippen molar-refractivity contribution in [2.75, 3.05) is 13.7 Å². The van der Waals surface area contributed by atoms with Crippen molar-refractivity contribution in [1.82, 2.24) is 14.9 Å². The van der Waals surface area contributed by atoms with Crippen molar-refractivity contribution in [2.45, 2.75) is 44.8 Å². The summed E-state index contributed by atoms with van der Waals surface area (Å²) in [5, 5.41) is 12.7. The molecule has 23 heavy (non-hydrogen) atoms. The van der Waals surface area contributed by atoms with E-state index in [4.69, 9.17) is 10.8 Å². The molecule has 1 aliphatic heterocycles. The number of aryl methyl sites for hydroxylation is 1. The first-order valence-electron chi connectivity index (χ1n) is 7.74. The second-order valence-corrected chi connectivity index (χ2v) is 5.24. The first kappa shape index (κ1) is 15.9. The number of aliphatic hydroxyl groups is 1. The lowest BCUT2D eigenvalue weighted by Gasteiger charge is -2.22. The monoisotopic (exact) mass is 328 g/mol. The van der Waals surface area contributed by atoms with E-state index in [-0.39, 0.29) is 12.2 Å². The van der Waals surface area contributed by atoms with Crippen LogP contribution in [-0.2, 0) is 14.3 Å². The number of aliphatic hydroxyl groups excluding tert-OH is 1. The zero-order valence-corrected chi connectivity index (χ0v) is 13.1. The normalized spacial score (nSPS) is 29.1. The lowest BCUT2D eigenvalue weighted by molar-refractivity contribution is -0.132. The molecule has 1 unspecified atom stereocenters. The average Bonchev–Trinajstić information content (AvgIpc) is 2.85. The van der Waals surface area contributed by atoms with Crippen LogP contribution in [-0.4, -0.2) is 52.5 Å². The summed E-state index contributed by atoms with van der Waals surface area (Å²) in [7, 11) is 1.44. The van der Waals surface area contributed by atoms with Crippen molar-refractivity contribution in [3.63, 3.8) is 0 Å². The van der Waals surface area contributed by atoms with Gasteiger partial charge >= 0.3 is 5.69 Å². The van der Waals surface area contributed by atoms with Gasteiger partial charge in [-0.3, -0.25) is 19.1 Å². The first-order chi connectivity index (χ1) is 11.3. The number of ether oxygens (including phenoxy) is 2. The van der Waals surface area contributed by atoms with Gasteiger partial charge in [-0.05, 0) is 13.3 Å². The van der Waals surface area contributed by atoms with Crippen LogP contribution in [0.4, 0.5) is 0 Å². The summed E-state index contributed by atoms with van der Waals surface area (Å²) in [4.78, 5) is 37.1. The Morgan fingerprint density at radius 2 is 2.30 bits per heavy atom. The van der Waals surface area contributed by atoms with E-state index in [0.717, 1.165) is 4.57 Å². The largest absolute Gasteiger partial charge is 0.388 e. The zero-order chi connectivity index (χ0) is 18.0. The molecule has 1 aromatic heterocycles. The molecule has 9 nitrogen and oxygen atoms in total. The summed E-state index contributed by atoms with van der Waals surface area (Å²) in [5.74, 6) is -0.409. The molecule has 0 aromatic carbocycles. The van der Waals surface area contributed by atoms with Gasteiger partial charge in [-0.15, -0.1) is 0 Å². The molecule has 1 saturated heterocycles. The van der Waals surface area contributed by atoms with E-state index in [1.54, 1.807) is 0 Å². The Bertz CT molecular complexity index is 715. The second-order valence-electron chi connectivity index (χ2n) is 5.24. The molecule has 5 atom stereocenters. The smallest absolute Gasteiger partial charge is 0.330 e. The minimum Gasteiger partial charge on any atom is -0.388 e. The fourth-order valence-electron chi connectivity index (χ4n) is 2.37. The van der Waals surface area contributed by atoms with Crippen molar-refractivity contribution in [3.05, 3.63) is 32.6 Å². The Kier molecular flexibility index (Phi) is 4.89. The highest BCUT2D eigenvalue weighted by Crippen LogP contribution is 2.32. The second kappa shape index (κ2) is 7.07. The number of aromatic nitrogens is 2. The van der Waals surface area contributed by atoms with Gasteiger partial charge in [-0.1, -0.05) is 6.92 Å². The van der Waals surface area contributed by atoms with E-state index in [0.29, 0.717) is 0 Å². The maximum absolute atomic E-state index is 12.1. The van der Waals surface area contributed by atoms with Crippen molar-refractivity contribution in [1.29, 1.82) is 0 Å². The molecule has 2 rings (SSSR count). The average molecular weight is 328 g/mol. The summed E-state index contributed by atoms with van der Waals surface area (Å²) in [5.41, 5.74) is -0.974. The Balaban J connectivity index is 2.37. The molecule has 1 fully saturated rings. The molecule has 1 amide bonds. The predicted octanol–water partition coefficient (Wildman–Crippen LogP) is -1.36. The quantitative estimate of drug-likeness (QED) is 0.614. The molecular formula is C14H21N3O6. The number of amides is 1. The highest BCUT2D eigenvalue weighted by atomic mass is 16.6. The van der Waals surface area contributed by atoms with E-state index >= 15 is 0 Å². The van der Waals surface area contributed by atoms with Gasteiger partial charge in [-0.25, -0.2) is 4.79 Å². The van der Waals surface area contributed by atoms with Crippen LogP contribution in [0.25, 0.3) is 0 Å². The van der Waals surface area contributed by atoms with Crippen LogP contribution in [0.15, 0.2) is 15.8 Å². The number of rotatable bonds is 5. The van der Waals surface area contributed by atoms with Gasteiger partial charge in [0.25, 0.3) is 5.56 Å². The van der Waals surface area contributed by atoms with E-state index < -0.39 is 48.1 Å². The van der Waals surface area contributed by atoms with E-state index in [2.05, 4.69) is 10.3 Å². The summed E-state index contributed by atoms with van der Waals surface area (Å²) in [6.07, 6.45) is -3.69. The number of hydrogen-bond donors (Lipinski definition) is 3. The molecule has 1 aromatic rings. The van der Waals surface area contributed by atoms with Crippen LogP contribution >= 0.6 is 0 Å². The minimum absolute atomic E-state index is 0.278. The van der Waals surface area contributed by atoms with Gasteiger partial charge < -0.3 is 19.9 Å². The fourth-order valence-corrected chi connectivity index (χ4v) is 2.37. The molecule has 9 heteroatoms. The number of carbonyl (C=O) groups is 1. The Morgan fingerprint density at radius 1 is 1.61 bits per heavy atom. The molecule has 0 bridgehead atoms. The summed E-state index contributed by atoms with van der Waals surface area (Å²) in [6.45, 7) is 2.71. The lowest BCUT2D eigenvalue weighted by Crippen LogP contribution is -2.41. The third kappa shape index (κ3) is 3.52. The molecule has 0 radical (unpaired) electrons. The number of carbonyl (C=O) groups excluding carboxylic acids is 1. The molecule has 0 spiro atoms. The maximum atomic E-state index is 12.1. The number of nitrogens with zero attached hydrogens (tertiary/aromatic N) is 1. The van der Waals surface area contributed by atoms with Crippen molar-refractivity contribution in [3.8, 4) is 0 Å². The van der Waals surface area contributed by atoms with E-state index in [1.165, 1.54) is 27.1 Å². The highest BCUT2D eigenvalue weighted by Gasteiger charge is 2.45. The zero-order valence-electron chi connectivity index (χ0n) is 14.1. The van der Waals surface area contributed by atoms with Gasteiger partial charge in [0.1, 0.15) is 18.8 Å². The Hall–Kier alpha value is -1.97. The number of hydrogen-bond acceptors (Lipinski definition) is 6. The maximum Gasteiger partial charge on any atom is 0.330 e. The first-order valence-corrected chi connectivity index (χ1v) is 7.16. The standard InChI is InChI=1S/C14H21N3O6/c1-4-8-10(19)11(22-6-9(18)15-3)13(23-8)17-5-7(2)12(20)16-14(17)21/h5,8,10-11,13,19H,4,6H2,1-3H3,(H,15,18)(H,16,20,21)/t8-,10-,11-,13-/m1/s1/i4D/t4?,8-,10-,11-,13-. The molecule has 0 aliphatic carbocycles. The Morgan fingerprint density at radius 3 is 2.91 bits per heavy atom. The highest BCUT2D eigenvalue weighted by molar-refractivity contribution is 5.76. The Labute approximate surface area is 133 Å². The van der Waals surface area contributed by atoms with Gasteiger partial charge in [0.2, 0.25) is 5.91 Å². The third-order valence-electron chi connectivity index (χ3n) is 3.69. The van der Waals surface area contributed by atoms with Crippen LogP contribution in [0.3, 0.4) is 0 Å². The fraction of sp³-hybridized carbons (Fsp3) is 0.643. The van der Waals surface area contributed by atoms with Crippen LogP contribution in [0.2, 0.25) is 0 Å². The molecule has 0 saturated carbocycles. The van der Waals surface area contributed by atoms with E-state index in [1.807, 2.05) is 0 Å². The topological polar surface area (TPSA) is 123 Å². The molecule has 128 valence electrons. The van der Waals surface area contributed by atoms with Crippen molar-refractivity contribution >= 4 is 5.91 Å². The number of H-pyrrole nitrogens is 1. The summed E-state index contributed by atoms with van der Waals surface area (Å²) in [6, 6.07) is 0. The van der Waals surface area contributed by atoms with Gasteiger partial charge in [0.15, 0.2) is 6.23 Å². The number of aromatic amines is 1. The van der Waals surface area contributed by atoms with Gasteiger partial charge in [0, 0.05) is 20.2 Å². The summed E-state index contributed by atoms with van der Waals surface area (Å²) >= 11 is 0. The SMILES string of the molecule is [2H]C(C)[C@H]1O[C@@H](n2cc(C)c(=O)[nH]c2=O)[C@H](OCC(=O)NC)[C@@H]1O. The van der Waals surface area contributed by atoms with Crippen LogP contribution < -0.4 is 16.6 Å². The summed E-state index contributed by atoms with van der Waals surface area (Å²) < 4.78 is 19.9. The third-order valence-corrected chi connectivity index (χ3v) is 3.69. The predicted molar refractivity (Wildman–Crippen MR) is 80.1 cm³/mol. The van der Waals surface area contributed by atoms with Crippen LogP contribution in [0, 0.1) is 6.92 Å². The molecule has 3 N–H and O–H groups in total.